The molecule has 0 saturated carbocycles. The predicted octanol–water partition coefficient (Wildman–Crippen LogP) is 3.22. The minimum absolute atomic E-state index is 0.0175. The lowest BCUT2D eigenvalue weighted by Gasteiger charge is -2.26. The van der Waals surface area contributed by atoms with Crippen LogP contribution in [0.1, 0.15) is 25.1 Å². The summed E-state index contributed by atoms with van der Waals surface area (Å²) in [6.45, 7) is 1.57. The summed E-state index contributed by atoms with van der Waals surface area (Å²) < 4.78 is 10.7. The Kier molecular flexibility index (Phi) is 5.53. The number of likely N-dealkylation sites (tertiary alicyclic amines) is 1. The fourth-order valence-electron chi connectivity index (χ4n) is 3.69. The van der Waals surface area contributed by atoms with E-state index in [9.17, 15) is 9.59 Å². The number of thiophene rings is 1. The van der Waals surface area contributed by atoms with E-state index < -0.39 is 0 Å². The number of nitrogens with zero attached hydrogens (tertiary/aromatic N) is 2. The van der Waals surface area contributed by atoms with E-state index in [-0.39, 0.29) is 17.9 Å². The second-order valence-corrected chi connectivity index (χ2v) is 7.89. The Morgan fingerprint density at radius 3 is 2.66 bits per heavy atom. The van der Waals surface area contributed by atoms with Crippen LogP contribution in [0.3, 0.4) is 0 Å². The summed E-state index contributed by atoms with van der Waals surface area (Å²) in [5, 5.41) is 2.43. The van der Waals surface area contributed by atoms with Crippen molar-refractivity contribution in [3.8, 4) is 22.6 Å². The molecule has 1 aliphatic rings. The second kappa shape index (κ2) is 8.24. The first-order valence-electron chi connectivity index (χ1n) is 9.61. The normalized spacial score (nSPS) is 14.2. The average Bonchev–Trinajstić information content (AvgIpc) is 3.18. The largest absolute Gasteiger partial charge is 0.493 e. The summed E-state index contributed by atoms with van der Waals surface area (Å²) in [7, 11) is 3.16. The third kappa shape index (κ3) is 3.85. The molecule has 0 atom stereocenters. The number of H-pyrrole nitrogens is 1. The average molecular weight is 413 g/mol. The molecule has 1 aliphatic heterocycles. The third-order valence-electron chi connectivity index (χ3n) is 5.21. The molecule has 2 aromatic heterocycles. The maximum atomic E-state index is 12.8. The molecular weight excluding hydrogens is 390 g/mol. The maximum Gasteiger partial charge on any atom is 0.260 e. The molecule has 8 heteroatoms. The molecule has 1 aromatic carbocycles. The number of benzene rings is 1. The van der Waals surface area contributed by atoms with E-state index in [0.717, 1.165) is 37.1 Å². The number of nitrogens with one attached hydrogen (secondary N) is 1. The second-order valence-electron chi connectivity index (χ2n) is 7.03. The van der Waals surface area contributed by atoms with Gasteiger partial charge in [0.25, 0.3) is 5.56 Å². The van der Waals surface area contributed by atoms with Crippen molar-refractivity contribution in [1.82, 2.24) is 14.9 Å². The van der Waals surface area contributed by atoms with Crippen molar-refractivity contribution >= 4 is 27.5 Å². The van der Waals surface area contributed by atoms with E-state index in [2.05, 4.69) is 9.97 Å². The third-order valence-corrected chi connectivity index (χ3v) is 6.09. The Labute approximate surface area is 172 Å². The standard InChI is InChI=1S/C21H23N3O4S/c1-27-15-7-6-13(10-16(15)28-2)14-12-29-21-19(14)20(26)22-17(23-21)11-18(25)24-8-4-3-5-9-24/h6-7,10,12H,3-5,8-9,11H2,1-2H3,(H,22,23,26). The fourth-order valence-corrected chi connectivity index (χ4v) is 4.66. The molecule has 0 aliphatic carbocycles. The van der Waals surface area contributed by atoms with Crippen molar-refractivity contribution < 1.29 is 14.3 Å². The van der Waals surface area contributed by atoms with Gasteiger partial charge in [-0.3, -0.25) is 9.59 Å². The Hall–Kier alpha value is -2.87. The summed E-state index contributed by atoms with van der Waals surface area (Å²) in [6.07, 6.45) is 3.36. The summed E-state index contributed by atoms with van der Waals surface area (Å²) in [5.41, 5.74) is 1.40. The van der Waals surface area contributed by atoms with Crippen molar-refractivity contribution in [2.75, 3.05) is 27.3 Å². The van der Waals surface area contributed by atoms with Gasteiger partial charge in [-0.1, -0.05) is 6.07 Å². The van der Waals surface area contributed by atoms with Gasteiger partial charge < -0.3 is 19.4 Å². The Balaban J connectivity index is 1.66. The predicted molar refractivity (Wildman–Crippen MR) is 113 cm³/mol. The molecule has 3 heterocycles. The molecule has 7 nitrogen and oxygen atoms in total. The summed E-state index contributed by atoms with van der Waals surface area (Å²) in [5.74, 6) is 1.65. The minimum Gasteiger partial charge on any atom is -0.493 e. The zero-order valence-electron chi connectivity index (χ0n) is 16.5. The first kappa shape index (κ1) is 19.4. The van der Waals surface area contributed by atoms with E-state index in [1.807, 2.05) is 28.5 Å². The molecule has 0 spiro atoms. The molecule has 1 amide bonds. The zero-order valence-corrected chi connectivity index (χ0v) is 17.3. The van der Waals surface area contributed by atoms with Gasteiger partial charge in [0.05, 0.1) is 26.0 Å². The van der Waals surface area contributed by atoms with E-state index >= 15 is 0 Å². The van der Waals surface area contributed by atoms with Crippen molar-refractivity contribution in [2.24, 2.45) is 0 Å². The van der Waals surface area contributed by atoms with Gasteiger partial charge in [-0.2, -0.15) is 0 Å². The topological polar surface area (TPSA) is 84.5 Å². The van der Waals surface area contributed by atoms with Gasteiger partial charge in [-0.25, -0.2) is 4.98 Å². The van der Waals surface area contributed by atoms with Gasteiger partial charge in [0.2, 0.25) is 5.91 Å². The summed E-state index contributed by atoms with van der Waals surface area (Å²) in [6, 6.07) is 5.54. The van der Waals surface area contributed by atoms with Crippen LogP contribution in [0.15, 0.2) is 28.4 Å². The highest BCUT2D eigenvalue weighted by Crippen LogP contribution is 2.36. The van der Waals surface area contributed by atoms with Crippen LogP contribution in [0.2, 0.25) is 0 Å². The van der Waals surface area contributed by atoms with Gasteiger partial charge in [0.15, 0.2) is 11.5 Å². The summed E-state index contributed by atoms with van der Waals surface area (Å²) in [4.78, 5) is 35.2. The highest BCUT2D eigenvalue weighted by Gasteiger charge is 2.20. The maximum absolute atomic E-state index is 12.8. The van der Waals surface area contributed by atoms with Crippen LogP contribution in [0, 0.1) is 0 Å². The van der Waals surface area contributed by atoms with Crippen LogP contribution in [0.4, 0.5) is 0 Å². The van der Waals surface area contributed by atoms with Gasteiger partial charge in [0.1, 0.15) is 10.7 Å². The first-order valence-corrected chi connectivity index (χ1v) is 10.5. The molecule has 0 radical (unpaired) electrons. The number of ether oxygens (including phenoxy) is 2. The SMILES string of the molecule is COc1ccc(-c2csc3nc(CC(=O)N4CCCCC4)[nH]c(=O)c23)cc1OC. The van der Waals surface area contributed by atoms with Crippen LogP contribution in [-0.4, -0.2) is 48.1 Å². The molecule has 1 N–H and O–H groups in total. The lowest BCUT2D eigenvalue weighted by molar-refractivity contribution is -0.131. The van der Waals surface area contributed by atoms with Gasteiger partial charge in [0, 0.05) is 24.0 Å². The number of hydrogen-bond donors (Lipinski definition) is 1. The van der Waals surface area contributed by atoms with Crippen LogP contribution >= 0.6 is 11.3 Å². The Bertz CT molecular complexity index is 1100. The van der Waals surface area contributed by atoms with Crippen molar-refractivity contribution in [3.63, 3.8) is 0 Å². The van der Waals surface area contributed by atoms with E-state index in [4.69, 9.17) is 9.47 Å². The van der Waals surface area contributed by atoms with Crippen LogP contribution in [-0.2, 0) is 11.2 Å². The lowest BCUT2D eigenvalue weighted by atomic mass is 10.1. The molecule has 29 heavy (non-hydrogen) atoms. The van der Waals surface area contributed by atoms with E-state index in [1.165, 1.54) is 17.8 Å². The number of carbonyl (C=O) groups excluding carboxylic acids is 1. The van der Waals surface area contributed by atoms with Gasteiger partial charge >= 0.3 is 0 Å². The van der Waals surface area contributed by atoms with Crippen molar-refractivity contribution in [1.29, 1.82) is 0 Å². The smallest absolute Gasteiger partial charge is 0.260 e. The molecule has 3 aromatic rings. The Morgan fingerprint density at radius 2 is 1.93 bits per heavy atom. The number of fused-ring (bicyclic) bond motifs is 1. The molecular formula is C21H23N3O4S. The van der Waals surface area contributed by atoms with Gasteiger partial charge in [-0.05, 0) is 37.0 Å². The first-order chi connectivity index (χ1) is 14.1. The Morgan fingerprint density at radius 1 is 1.17 bits per heavy atom. The quantitative estimate of drug-likeness (QED) is 0.694. The van der Waals surface area contributed by atoms with Crippen LogP contribution in [0.25, 0.3) is 21.3 Å². The fraction of sp³-hybridized carbons (Fsp3) is 0.381. The number of carbonyl (C=O) groups is 1. The van der Waals surface area contributed by atoms with Crippen molar-refractivity contribution in [2.45, 2.75) is 25.7 Å². The number of methoxy groups -OCH3 is 2. The molecule has 0 bridgehead atoms. The molecule has 4 rings (SSSR count). The highest BCUT2D eigenvalue weighted by atomic mass is 32.1. The molecule has 152 valence electrons. The number of hydrogen-bond acceptors (Lipinski definition) is 6. The van der Waals surface area contributed by atoms with Crippen LogP contribution < -0.4 is 15.0 Å². The number of aromatic nitrogens is 2. The molecule has 1 saturated heterocycles. The molecule has 0 unspecified atom stereocenters. The van der Waals surface area contributed by atoms with Gasteiger partial charge in [-0.15, -0.1) is 11.3 Å². The zero-order chi connectivity index (χ0) is 20.4. The van der Waals surface area contributed by atoms with E-state index in [0.29, 0.717) is 27.5 Å². The number of piperidine rings is 1. The lowest BCUT2D eigenvalue weighted by Crippen LogP contribution is -2.37. The van der Waals surface area contributed by atoms with Crippen molar-refractivity contribution in [3.05, 3.63) is 39.8 Å². The minimum atomic E-state index is -0.234. The van der Waals surface area contributed by atoms with E-state index in [1.54, 1.807) is 14.2 Å². The van der Waals surface area contributed by atoms with Crippen LogP contribution in [0.5, 0.6) is 11.5 Å². The number of amides is 1. The number of aromatic amines is 1. The highest BCUT2D eigenvalue weighted by molar-refractivity contribution is 7.17. The summed E-state index contributed by atoms with van der Waals surface area (Å²) >= 11 is 1.40. The molecule has 1 fully saturated rings. The number of rotatable bonds is 5. The monoisotopic (exact) mass is 413 g/mol.